The van der Waals surface area contributed by atoms with E-state index < -0.39 is 0 Å². The Hall–Kier alpha value is -1.81. The largest absolute Gasteiger partial charge is 0.369 e. The summed E-state index contributed by atoms with van der Waals surface area (Å²) in [5.41, 5.74) is 6.43. The second-order valence-corrected chi connectivity index (χ2v) is 3.46. The average molecular weight is 222 g/mol. The summed E-state index contributed by atoms with van der Waals surface area (Å²) < 4.78 is 0. The quantitative estimate of drug-likeness (QED) is 0.770. The summed E-state index contributed by atoms with van der Waals surface area (Å²) in [6.07, 6.45) is 0. The molecule has 1 aromatic heterocycles. The molecule has 0 bridgehead atoms. The lowest BCUT2D eigenvalue weighted by atomic mass is 10.1. The monoisotopic (exact) mass is 221 g/mol. The number of hydrogen-bond acceptors (Lipinski definition) is 3. The van der Waals surface area contributed by atoms with Gasteiger partial charge in [0.05, 0.1) is 5.69 Å². The van der Waals surface area contributed by atoms with Gasteiger partial charge in [-0.1, -0.05) is 23.7 Å². The number of H-pyrrole nitrogens is 1. The summed E-state index contributed by atoms with van der Waals surface area (Å²) in [5, 5.41) is 0.591. The Morgan fingerprint density at radius 1 is 1.33 bits per heavy atom. The van der Waals surface area contributed by atoms with Gasteiger partial charge in [0, 0.05) is 16.7 Å². The first-order chi connectivity index (χ1) is 7.15. The smallest absolute Gasteiger partial charge is 0.252 e. The third-order valence-electron chi connectivity index (χ3n) is 1.88. The van der Waals surface area contributed by atoms with E-state index >= 15 is 0 Å². The van der Waals surface area contributed by atoms with E-state index in [1.807, 2.05) is 6.07 Å². The van der Waals surface area contributed by atoms with Gasteiger partial charge < -0.3 is 5.73 Å². The summed E-state index contributed by atoms with van der Waals surface area (Å²) in [5.74, 6) is 0.0949. The molecule has 1 aromatic carbocycles. The lowest BCUT2D eigenvalue weighted by Gasteiger charge is -2.01. The molecular weight excluding hydrogens is 214 g/mol. The van der Waals surface area contributed by atoms with E-state index in [0.717, 1.165) is 5.56 Å². The van der Waals surface area contributed by atoms with Crippen LogP contribution in [0.3, 0.4) is 0 Å². The molecule has 2 rings (SSSR count). The molecule has 76 valence electrons. The van der Waals surface area contributed by atoms with Crippen LogP contribution in [0.1, 0.15) is 0 Å². The van der Waals surface area contributed by atoms with Gasteiger partial charge in [-0.3, -0.25) is 9.78 Å². The molecule has 0 aliphatic carbocycles. The molecule has 0 amide bonds. The molecule has 15 heavy (non-hydrogen) atoms. The number of nitrogens with zero attached hydrogens (tertiary/aromatic N) is 1. The number of aromatic nitrogens is 2. The van der Waals surface area contributed by atoms with E-state index in [9.17, 15) is 4.79 Å². The van der Waals surface area contributed by atoms with Crippen molar-refractivity contribution in [3.8, 4) is 11.3 Å². The molecule has 0 spiro atoms. The number of halogens is 1. The molecule has 0 aliphatic heterocycles. The minimum absolute atomic E-state index is 0.0949. The van der Waals surface area contributed by atoms with Crippen LogP contribution in [0.5, 0.6) is 0 Å². The maximum atomic E-state index is 11.2. The Morgan fingerprint density at radius 3 is 2.80 bits per heavy atom. The minimum atomic E-state index is -0.280. The van der Waals surface area contributed by atoms with Gasteiger partial charge in [-0.05, 0) is 12.1 Å². The lowest BCUT2D eigenvalue weighted by molar-refractivity contribution is 1.14. The Morgan fingerprint density at radius 2 is 2.13 bits per heavy atom. The van der Waals surface area contributed by atoms with Crippen LogP contribution in [0.4, 0.5) is 5.95 Å². The number of benzene rings is 1. The van der Waals surface area contributed by atoms with Crippen LogP contribution in [-0.4, -0.2) is 9.97 Å². The molecule has 0 saturated heterocycles. The molecule has 5 heteroatoms. The molecule has 0 fully saturated rings. The molecule has 0 aliphatic rings. The number of nitrogen functional groups attached to an aromatic ring is 1. The predicted octanol–water partition coefficient (Wildman–Crippen LogP) is 1.67. The number of nitrogens with one attached hydrogen (secondary N) is 1. The minimum Gasteiger partial charge on any atom is -0.369 e. The van der Waals surface area contributed by atoms with Crippen molar-refractivity contribution in [1.82, 2.24) is 9.97 Å². The number of hydrogen-bond donors (Lipinski definition) is 2. The van der Waals surface area contributed by atoms with Crippen molar-refractivity contribution < 1.29 is 0 Å². The third-order valence-corrected chi connectivity index (χ3v) is 2.12. The van der Waals surface area contributed by atoms with Gasteiger partial charge in [-0.2, -0.15) is 0 Å². The highest BCUT2D eigenvalue weighted by molar-refractivity contribution is 6.30. The highest BCUT2D eigenvalue weighted by Crippen LogP contribution is 2.19. The highest BCUT2D eigenvalue weighted by Gasteiger charge is 2.02. The predicted molar refractivity (Wildman–Crippen MR) is 59.7 cm³/mol. The Kier molecular flexibility index (Phi) is 2.43. The van der Waals surface area contributed by atoms with Crippen LogP contribution in [0.2, 0.25) is 5.02 Å². The first-order valence-electron chi connectivity index (χ1n) is 4.28. The fourth-order valence-electron chi connectivity index (χ4n) is 1.27. The molecule has 2 aromatic rings. The van der Waals surface area contributed by atoms with Crippen molar-refractivity contribution in [2.45, 2.75) is 0 Å². The zero-order chi connectivity index (χ0) is 10.8. The molecule has 3 N–H and O–H groups in total. The topological polar surface area (TPSA) is 71.8 Å². The maximum Gasteiger partial charge on any atom is 0.252 e. The standard InChI is InChI=1S/C10H8ClN3O/c11-7-3-1-2-6(4-7)8-5-9(15)14-10(12)13-8/h1-5H,(H3,12,13,14,15). The second kappa shape index (κ2) is 3.74. The van der Waals surface area contributed by atoms with E-state index in [1.54, 1.807) is 18.2 Å². The van der Waals surface area contributed by atoms with Gasteiger partial charge in [0.15, 0.2) is 0 Å². The van der Waals surface area contributed by atoms with Gasteiger partial charge in [-0.15, -0.1) is 0 Å². The number of nitrogens with two attached hydrogens (primary N) is 1. The van der Waals surface area contributed by atoms with Crippen molar-refractivity contribution in [3.05, 3.63) is 45.7 Å². The normalized spacial score (nSPS) is 10.2. The Bertz CT molecular complexity index is 550. The first kappa shape index (κ1) is 9.73. The second-order valence-electron chi connectivity index (χ2n) is 3.03. The number of anilines is 1. The number of aromatic amines is 1. The van der Waals surface area contributed by atoms with Crippen molar-refractivity contribution in [2.24, 2.45) is 0 Å². The molecular formula is C10H8ClN3O. The van der Waals surface area contributed by atoms with Crippen LogP contribution in [0.15, 0.2) is 35.1 Å². The average Bonchev–Trinajstić information content (AvgIpc) is 2.16. The molecule has 4 nitrogen and oxygen atoms in total. The van der Waals surface area contributed by atoms with Crippen molar-refractivity contribution in [1.29, 1.82) is 0 Å². The summed E-state index contributed by atoms with van der Waals surface area (Å²) >= 11 is 5.83. The molecule has 0 atom stereocenters. The van der Waals surface area contributed by atoms with Crippen molar-refractivity contribution >= 4 is 17.5 Å². The van der Waals surface area contributed by atoms with E-state index in [-0.39, 0.29) is 11.5 Å². The van der Waals surface area contributed by atoms with E-state index in [2.05, 4.69) is 9.97 Å². The summed E-state index contributed by atoms with van der Waals surface area (Å²) in [4.78, 5) is 17.5. The van der Waals surface area contributed by atoms with Crippen LogP contribution in [0, 0.1) is 0 Å². The van der Waals surface area contributed by atoms with Gasteiger partial charge in [0.2, 0.25) is 5.95 Å². The van der Waals surface area contributed by atoms with Crippen LogP contribution < -0.4 is 11.3 Å². The zero-order valence-corrected chi connectivity index (χ0v) is 8.45. The fourth-order valence-corrected chi connectivity index (χ4v) is 1.46. The zero-order valence-electron chi connectivity index (χ0n) is 7.70. The highest BCUT2D eigenvalue weighted by atomic mass is 35.5. The molecule has 1 heterocycles. The summed E-state index contributed by atoms with van der Waals surface area (Å²) in [7, 11) is 0. The van der Waals surface area contributed by atoms with Gasteiger partial charge >= 0.3 is 0 Å². The van der Waals surface area contributed by atoms with Crippen LogP contribution >= 0.6 is 11.6 Å². The van der Waals surface area contributed by atoms with E-state index in [4.69, 9.17) is 17.3 Å². The Labute approximate surface area is 90.7 Å². The maximum absolute atomic E-state index is 11.2. The van der Waals surface area contributed by atoms with Gasteiger partial charge in [-0.25, -0.2) is 4.98 Å². The van der Waals surface area contributed by atoms with Crippen molar-refractivity contribution in [2.75, 3.05) is 5.73 Å². The molecule has 0 saturated carbocycles. The van der Waals surface area contributed by atoms with Gasteiger partial charge in [0.1, 0.15) is 0 Å². The Balaban J connectivity index is 2.59. The summed E-state index contributed by atoms with van der Waals surface area (Å²) in [6, 6.07) is 8.45. The van der Waals surface area contributed by atoms with E-state index in [1.165, 1.54) is 6.07 Å². The number of rotatable bonds is 1. The van der Waals surface area contributed by atoms with Crippen LogP contribution in [0.25, 0.3) is 11.3 Å². The van der Waals surface area contributed by atoms with Crippen LogP contribution in [-0.2, 0) is 0 Å². The van der Waals surface area contributed by atoms with E-state index in [0.29, 0.717) is 10.7 Å². The first-order valence-corrected chi connectivity index (χ1v) is 4.66. The molecule has 0 radical (unpaired) electrons. The SMILES string of the molecule is Nc1nc(-c2cccc(Cl)c2)cc(=O)[nH]1. The lowest BCUT2D eigenvalue weighted by Crippen LogP contribution is -2.10. The molecule has 0 unspecified atom stereocenters. The third kappa shape index (κ3) is 2.16. The van der Waals surface area contributed by atoms with Gasteiger partial charge in [0.25, 0.3) is 5.56 Å². The summed E-state index contributed by atoms with van der Waals surface area (Å²) in [6.45, 7) is 0. The fraction of sp³-hybridized carbons (Fsp3) is 0. The van der Waals surface area contributed by atoms with Crippen molar-refractivity contribution in [3.63, 3.8) is 0 Å².